The van der Waals surface area contributed by atoms with Gasteiger partial charge in [0, 0.05) is 17.8 Å². The third-order valence-corrected chi connectivity index (χ3v) is 3.08. The van der Waals surface area contributed by atoms with Crippen molar-refractivity contribution in [3.8, 4) is 11.3 Å². The standard InChI is InChI=1S/C12H11N3O2.C6H12O2/c16-12(17)5-8-15-7-4-10(9-14-15)11-3-1-2-6-13-11;1-6(2,3)5(7)8-4/h1-4,6-7,9H,5,8H2;1-4H3/p+1. The number of carbonyl (C=O) groups excluding carboxylic acids is 1. The van der Waals surface area contributed by atoms with Crippen LogP contribution >= 0.6 is 0 Å². The zero-order valence-corrected chi connectivity index (χ0v) is 15.0. The first-order chi connectivity index (χ1) is 11.7. The molecule has 0 fully saturated rings. The van der Waals surface area contributed by atoms with E-state index < -0.39 is 5.97 Å². The molecule has 2 rings (SSSR count). The van der Waals surface area contributed by atoms with Crippen LogP contribution in [0.5, 0.6) is 0 Å². The highest BCUT2D eigenvalue weighted by atomic mass is 16.5. The summed E-state index contributed by atoms with van der Waals surface area (Å²) in [6, 6.07) is 7.54. The fourth-order valence-corrected chi connectivity index (χ4v) is 1.72. The van der Waals surface area contributed by atoms with Crippen LogP contribution in [0.2, 0.25) is 0 Å². The van der Waals surface area contributed by atoms with Crippen molar-refractivity contribution >= 4 is 11.9 Å². The average molecular weight is 346 g/mol. The van der Waals surface area contributed by atoms with Crippen LogP contribution in [-0.2, 0) is 20.9 Å². The van der Waals surface area contributed by atoms with Crippen molar-refractivity contribution in [2.45, 2.75) is 33.7 Å². The van der Waals surface area contributed by atoms with Crippen LogP contribution in [0.25, 0.3) is 11.3 Å². The summed E-state index contributed by atoms with van der Waals surface area (Å²) in [7, 11) is 1.40. The number of esters is 1. The molecule has 0 aliphatic heterocycles. The Kier molecular flexibility index (Phi) is 7.65. The molecule has 0 saturated carbocycles. The van der Waals surface area contributed by atoms with E-state index in [0.29, 0.717) is 6.54 Å². The van der Waals surface area contributed by atoms with E-state index in [4.69, 9.17) is 5.11 Å². The Labute approximate surface area is 147 Å². The molecule has 2 heterocycles. The molecule has 0 aromatic carbocycles. The second-order valence-electron chi connectivity index (χ2n) is 6.28. The first-order valence-electron chi connectivity index (χ1n) is 7.81. The zero-order chi connectivity index (χ0) is 18.9. The predicted molar refractivity (Wildman–Crippen MR) is 91.4 cm³/mol. The molecule has 134 valence electrons. The van der Waals surface area contributed by atoms with Crippen molar-refractivity contribution in [3.63, 3.8) is 0 Å². The van der Waals surface area contributed by atoms with Gasteiger partial charge in [-0.15, -0.1) is 0 Å². The first kappa shape index (κ1) is 20.2. The number of aromatic nitrogens is 3. The number of carboxylic acids is 1. The lowest BCUT2D eigenvalue weighted by Crippen LogP contribution is -2.38. The van der Waals surface area contributed by atoms with Gasteiger partial charge >= 0.3 is 11.9 Å². The smallest absolute Gasteiger partial charge is 0.310 e. The molecule has 0 aliphatic carbocycles. The summed E-state index contributed by atoms with van der Waals surface area (Å²) in [5, 5.41) is 12.7. The van der Waals surface area contributed by atoms with E-state index in [0.717, 1.165) is 11.3 Å². The molecule has 7 heteroatoms. The number of carbonyl (C=O) groups is 2. The van der Waals surface area contributed by atoms with Crippen LogP contribution < -0.4 is 4.68 Å². The Bertz CT molecular complexity index is 680. The predicted octanol–water partition coefficient (Wildman–Crippen LogP) is 2.11. The summed E-state index contributed by atoms with van der Waals surface area (Å²) in [6.45, 7) is 5.83. The normalized spacial score (nSPS) is 10.4. The van der Waals surface area contributed by atoms with Crippen molar-refractivity contribution in [1.82, 2.24) is 10.1 Å². The van der Waals surface area contributed by atoms with Crippen LogP contribution in [0, 0.1) is 5.41 Å². The van der Waals surface area contributed by atoms with Gasteiger partial charge in [-0.05, 0) is 38.0 Å². The fourth-order valence-electron chi connectivity index (χ4n) is 1.72. The van der Waals surface area contributed by atoms with Crippen molar-refractivity contribution in [3.05, 3.63) is 42.9 Å². The quantitative estimate of drug-likeness (QED) is 0.673. The van der Waals surface area contributed by atoms with E-state index in [-0.39, 0.29) is 17.8 Å². The van der Waals surface area contributed by atoms with Crippen molar-refractivity contribution in [1.29, 1.82) is 0 Å². The second-order valence-corrected chi connectivity index (χ2v) is 6.28. The summed E-state index contributed by atoms with van der Waals surface area (Å²) < 4.78 is 6.07. The lowest BCUT2D eigenvalue weighted by Gasteiger charge is -2.13. The van der Waals surface area contributed by atoms with Gasteiger partial charge in [0.1, 0.15) is 12.6 Å². The molecule has 2 aromatic rings. The fraction of sp³-hybridized carbons (Fsp3) is 0.389. The number of aliphatic carboxylic acids is 1. The molecule has 0 spiro atoms. The molecule has 0 bridgehead atoms. The number of aryl methyl sites for hydroxylation is 1. The van der Waals surface area contributed by atoms with E-state index in [1.54, 1.807) is 23.3 Å². The maximum atomic E-state index is 10.6. The Hall–Kier alpha value is -2.83. The van der Waals surface area contributed by atoms with Gasteiger partial charge in [0.05, 0.1) is 18.2 Å². The third-order valence-electron chi connectivity index (χ3n) is 3.08. The summed E-state index contributed by atoms with van der Waals surface area (Å²) in [4.78, 5) is 25.2. The van der Waals surface area contributed by atoms with Gasteiger partial charge in [-0.2, -0.15) is 0 Å². The highest BCUT2D eigenvalue weighted by Crippen LogP contribution is 2.14. The maximum Gasteiger partial charge on any atom is 0.310 e. The number of hydrogen-bond donors (Lipinski definition) is 1. The van der Waals surface area contributed by atoms with Gasteiger partial charge in [0.2, 0.25) is 0 Å². The number of nitrogens with zero attached hydrogens (tertiary/aromatic N) is 3. The van der Waals surface area contributed by atoms with Crippen molar-refractivity contribution in [2.24, 2.45) is 5.41 Å². The molecule has 25 heavy (non-hydrogen) atoms. The molecule has 1 N–H and O–H groups in total. The van der Waals surface area contributed by atoms with E-state index in [1.165, 1.54) is 7.11 Å². The summed E-state index contributed by atoms with van der Waals surface area (Å²) in [6.07, 6.45) is 5.23. The molecule has 0 atom stereocenters. The third kappa shape index (κ3) is 7.52. The number of methoxy groups -OCH3 is 1. The van der Waals surface area contributed by atoms with Crippen LogP contribution in [-0.4, -0.2) is 34.2 Å². The molecule has 7 nitrogen and oxygen atoms in total. The monoisotopic (exact) mass is 346 g/mol. The molecule has 0 unspecified atom stereocenters. The molecule has 2 aromatic heterocycles. The van der Waals surface area contributed by atoms with Crippen LogP contribution in [0.1, 0.15) is 27.2 Å². The highest BCUT2D eigenvalue weighted by Gasteiger charge is 2.21. The Balaban J connectivity index is 0.000000333. The maximum absolute atomic E-state index is 10.6. The summed E-state index contributed by atoms with van der Waals surface area (Å²) in [5.41, 5.74) is 1.41. The van der Waals surface area contributed by atoms with Crippen LogP contribution in [0.4, 0.5) is 0 Å². The highest BCUT2D eigenvalue weighted by molar-refractivity contribution is 5.75. The first-order valence-corrected chi connectivity index (χ1v) is 7.81. The number of rotatable bonds is 4. The lowest BCUT2D eigenvalue weighted by atomic mass is 9.98. The van der Waals surface area contributed by atoms with Gasteiger partial charge in [-0.3, -0.25) is 14.6 Å². The van der Waals surface area contributed by atoms with E-state index in [1.807, 2.05) is 45.0 Å². The largest absolute Gasteiger partial charge is 0.481 e. The Morgan fingerprint density at radius 2 is 1.96 bits per heavy atom. The molecular formula is C18H24N3O4+. The summed E-state index contributed by atoms with van der Waals surface area (Å²) >= 11 is 0. The molecule has 0 saturated heterocycles. The van der Waals surface area contributed by atoms with Gasteiger partial charge < -0.3 is 9.84 Å². The number of pyridine rings is 1. The van der Waals surface area contributed by atoms with Crippen LogP contribution in [0.3, 0.4) is 0 Å². The number of hydrogen-bond acceptors (Lipinski definition) is 5. The second kappa shape index (κ2) is 9.46. The molecule has 0 radical (unpaired) electrons. The summed E-state index contributed by atoms with van der Waals surface area (Å²) in [5.74, 6) is -0.995. The minimum Gasteiger partial charge on any atom is -0.481 e. The minimum absolute atomic E-state index is 0.0700. The zero-order valence-electron chi connectivity index (χ0n) is 15.0. The van der Waals surface area contributed by atoms with E-state index in [9.17, 15) is 9.59 Å². The molecular weight excluding hydrogens is 322 g/mol. The topological polar surface area (TPSA) is 93.3 Å². The van der Waals surface area contributed by atoms with Crippen LogP contribution in [0.15, 0.2) is 42.9 Å². The molecule has 0 amide bonds. The van der Waals surface area contributed by atoms with Gasteiger partial charge in [-0.25, -0.2) is 0 Å². The molecule has 0 aliphatic rings. The Morgan fingerprint density at radius 1 is 1.24 bits per heavy atom. The Morgan fingerprint density at radius 3 is 2.36 bits per heavy atom. The SMILES string of the molecule is COC(=O)C(C)(C)C.O=C(O)CC[n+]1ccc(-c2ccccn2)cn1. The van der Waals surface area contributed by atoms with Gasteiger partial charge in [0.25, 0.3) is 0 Å². The van der Waals surface area contributed by atoms with E-state index in [2.05, 4.69) is 14.8 Å². The van der Waals surface area contributed by atoms with Crippen molar-refractivity contribution in [2.75, 3.05) is 7.11 Å². The number of ether oxygens (including phenoxy) is 1. The van der Waals surface area contributed by atoms with Crippen molar-refractivity contribution < 1.29 is 24.1 Å². The lowest BCUT2D eigenvalue weighted by molar-refractivity contribution is -0.752. The number of carboxylic acid groups (broad SMARTS) is 1. The van der Waals surface area contributed by atoms with Gasteiger partial charge in [-0.1, -0.05) is 10.7 Å². The van der Waals surface area contributed by atoms with E-state index >= 15 is 0 Å². The minimum atomic E-state index is -0.826. The van der Waals surface area contributed by atoms with Gasteiger partial charge in [0.15, 0.2) is 12.7 Å². The average Bonchev–Trinajstić information content (AvgIpc) is 2.60.